The van der Waals surface area contributed by atoms with Gasteiger partial charge in [-0.25, -0.2) is 0 Å². The lowest BCUT2D eigenvalue weighted by Gasteiger charge is -2.08. The number of hydrogen-bond donors (Lipinski definition) is 0. The quantitative estimate of drug-likeness (QED) is 0.433. The van der Waals surface area contributed by atoms with E-state index in [0.29, 0.717) is 12.4 Å². The van der Waals surface area contributed by atoms with E-state index in [1.807, 2.05) is 0 Å². The number of nitrogens with zero attached hydrogens (tertiary/aromatic N) is 2. The Labute approximate surface area is 80.7 Å². The summed E-state index contributed by atoms with van der Waals surface area (Å²) in [6, 6.07) is 0. The molecule has 0 radical (unpaired) electrons. The second kappa shape index (κ2) is 3.64. The van der Waals surface area contributed by atoms with Crippen molar-refractivity contribution in [2.24, 2.45) is 0 Å². The average Bonchev–Trinajstić information content (AvgIpc) is 2.15. The molecular formula is C7H3F3N2O3. The number of rotatable bonds is 2. The van der Waals surface area contributed by atoms with Crippen molar-refractivity contribution in [3.8, 4) is 0 Å². The third-order valence-electron chi connectivity index (χ3n) is 1.56. The van der Waals surface area contributed by atoms with E-state index >= 15 is 0 Å². The van der Waals surface area contributed by atoms with Gasteiger partial charge in [-0.15, -0.1) is 0 Å². The van der Waals surface area contributed by atoms with E-state index < -0.39 is 27.9 Å². The molecular weight excluding hydrogens is 217 g/mol. The normalized spacial score (nSPS) is 11.1. The molecule has 0 atom stereocenters. The van der Waals surface area contributed by atoms with Crippen LogP contribution >= 0.6 is 0 Å². The van der Waals surface area contributed by atoms with E-state index in [4.69, 9.17) is 0 Å². The maximum absolute atomic E-state index is 12.4. The number of carbonyl (C=O) groups is 1. The number of pyridine rings is 1. The van der Waals surface area contributed by atoms with Crippen LogP contribution in [0.3, 0.4) is 0 Å². The first kappa shape index (κ1) is 11.1. The Morgan fingerprint density at radius 3 is 2.40 bits per heavy atom. The summed E-state index contributed by atoms with van der Waals surface area (Å²) in [6.07, 6.45) is -4.00. The molecule has 80 valence electrons. The zero-order chi connectivity index (χ0) is 11.6. The molecule has 0 N–H and O–H groups in total. The SMILES string of the molecule is O=Cc1cncc([N+](=O)[O-])c1C(F)(F)F. The lowest BCUT2D eigenvalue weighted by atomic mass is 10.1. The minimum absolute atomic E-state index is 0.122. The summed E-state index contributed by atoms with van der Waals surface area (Å²) >= 11 is 0. The number of halogens is 3. The van der Waals surface area contributed by atoms with Gasteiger partial charge in [-0.1, -0.05) is 0 Å². The van der Waals surface area contributed by atoms with E-state index in [2.05, 4.69) is 4.98 Å². The highest BCUT2D eigenvalue weighted by Crippen LogP contribution is 2.37. The predicted molar refractivity (Wildman–Crippen MR) is 41.3 cm³/mol. The number of aldehydes is 1. The first-order valence-corrected chi connectivity index (χ1v) is 3.52. The van der Waals surface area contributed by atoms with Crippen LogP contribution in [0.25, 0.3) is 0 Å². The second-order valence-corrected chi connectivity index (χ2v) is 2.50. The van der Waals surface area contributed by atoms with Crippen LogP contribution in [0.2, 0.25) is 0 Å². The number of carbonyl (C=O) groups excluding carboxylic acids is 1. The number of hydrogen-bond acceptors (Lipinski definition) is 4. The molecule has 0 unspecified atom stereocenters. The Hall–Kier alpha value is -1.99. The maximum Gasteiger partial charge on any atom is 0.423 e. The zero-order valence-electron chi connectivity index (χ0n) is 6.99. The molecule has 15 heavy (non-hydrogen) atoms. The summed E-state index contributed by atoms with van der Waals surface area (Å²) in [4.78, 5) is 22.5. The molecule has 0 aromatic carbocycles. The van der Waals surface area contributed by atoms with Gasteiger partial charge < -0.3 is 0 Å². The molecule has 1 rings (SSSR count). The minimum atomic E-state index is -4.96. The lowest BCUT2D eigenvalue weighted by molar-refractivity contribution is -0.388. The van der Waals surface area contributed by atoms with E-state index in [0.717, 1.165) is 0 Å². The Morgan fingerprint density at radius 1 is 1.40 bits per heavy atom. The molecule has 5 nitrogen and oxygen atoms in total. The molecule has 0 saturated carbocycles. The molecule has 1 heterocycles. The van der Waals surface area contributed by atoms with Gasteiger partial charge in [-0.2, -0.15) is 13.2 Å². The van der Waals surface area contributed by atoms with Gasteiger partial charge in [-0.3, -0.25) is 19.9 Å². The number of alkyl halides is 3. The van der Waals surface area contributed by atoms with Crippen molar-refractivity contribution in [1.82, 2.24) is 4.98 Å². The van der Waals surface area contributed by atoms with Crippen LogP contribution in [-0.4, -0.2) is 16.2 Å². The van der Waals surface area contributed by atoms with Gasteiger partial charge in [0.2, 0.25) is 0 Å². The van der Waals surface area contributed by atoms with Crippen molar-refractivity contribution in [1.29, 1.82) is 0 Å². The van der Waals surface area contributed by atoms with E-state index in [-0.39, 0.29) is 6.29 Å². The van der Waals surface area contributed by atoms with Crippen molar-refractivity contribution in [2.45, 2.75) is 6.18 Å². The van der Waals surface area contributed by atoms with Gasteiger partial charge in [0.1, 0.15) is 11.8 Å². The van der Waals surface area contributed by atoms with Crippen molar-refractivity contribution in [3.63, 3.8) is 0 Å². The molecule has 0 aliphatic rings. The van der Waals surface area contributed by atoms with Crippen LogP contribution < -0.4 is 0 Å². The van der Waals surface area contributed by atoms with Gasteiger partial charge in [0.25, 0.3) is 0 Å². The van der Waals surface area contributed by atoms with Gasteiger partial charge in [0, 0.05) is 6.20 Å². The smallest absolute Gasteiger partial charge is 0.298 e. The third-order valence-corrected chi connectivity index (χ3v) is 1.56. The fourth-order valence-electron chi connectivity index (χ4n) is 1.00. The van der Waals surface area contributed by atoms with Crippen LogP contribution in [0.1, 0.15) is 15.9 Å². The highest BCUT2D eigenvalue weighted by Gasteiger charge is 2.41. The highest BCUT2D eigenvalue weighted by molar-refractivity contribution is 5.79. The molecule has 0 aliphatic heterocycles. The Balaban J connectivity index is 3.54. The summed E-state index contributed by atoms with van der Waals surface area (Å²) in [5.41, 5.74) is -3.65. The average molecular weight is 220 g/mol. The second-order valence-electron chi connectivity index (χ2n) is 2.50. The highest BCUT2D eigenvalue weighted by atomic mass is 19.4. The van der Waals surface area contributed by atoms with E-state index in [1.165, 1.54) is 0 Å². The summed E-state index contributed by atoms with van der Waals surface area (Å²) in [5, 5.41) is 10.3. The molecule has 1 aromatic heterocycles. The monoisotopic (exact) mass is 220 g/mol. The lowest BCUT2D eigenvalue weighted by Crippen LogP contribution is -2.12. The van der Waals surface area contributed by atoms with Crippen molar-refractivity contribution >= 4 is 12.0 Å². The summed E-state index contributed by atoms with van der Waals surface area (Å²) in [5.74, 6) is 0. The zero-order valence-corrected chi connectivity index (χ0v) is 6.99. The molecule has 1 aromatic rings. The maximum atomic E-state index is 12.4. The first-order chi connectivity index (χ1) is 6.88. The first-order valence-electron chi connectivity index (χ1n) is 3.52. The molecule has 0 fully saturated rings. The van der Waals surface area contributed by atoms with Gasteiger partial charge in [0.15, 0.2) is 6.29 Å². The van der Waals surface area contributed by atoms with Gasteiger partial charge >= 0.3 is 11.9 Å². The van der Waals surface area contributed by atoms with Crippen LogP contribution in [0.5, 0.6) is 0 Å². The predicted octanol–water partition coefficient (Wildman–Crippen LogP) is 1.82. The van der Waals surface area contributed by atoms with Crippen molar-refractivity contribution in [2.75, 3.05) is 0 Å². The minimum Gasteiger partial charge on any atom is -0.298 e. The summed E-state index contributed by atoms with van der Waals surface area (Å²) in [7, 11) is 0. The van der Waals surface area contributed by atoms with E-state index in [9.17, 15) is 28.1 Å². The number of nitro groups is 1. The molecule has 0 bridgehead atoms. The van der Waals surface area contributed by atoms with Gasteiger partial charge in [-0.05, 0) is 0 Å². The van der Waals surface area contributed by atoms with Gasteiger partial charge in [0.05, 0.1) is 10.5 Å². The van der Waals surface area contributed by atoms with Crippen LogP contribution in [-0.2, 0) is 6.18 Å². The molecule has 8 heteroatoms. The molecule has 0 amide bonds. The standard InChI is InChI=1S/C7H3F3N2O3/c8-7(9,10)6-4(3-13)1-11-2-5(6)12(14)15/h1-3H. The molecule has 0 saturated heterocycles. The largest absolute Gasteiger partial charge is 0.423 e. The summed E-state index contributed by atoms with van der Waals surface area (Å²) in [6.45, 7) is 0. The van der Waals surface area contributed by atoms with Crippen LogP contribution in [0.4, 0.5) is 18.9 Å². The topological polar surface area (TPSA) is 73.1 Å². The Kier molecular flexibility index (Phi) is 2.69. The molecule has 0 spiro atoms. The third kappa shape index (κ3) is 2.09. The Morgan fingerprint density at radius 2 is 2.00 bits per heavy atom. The van der Waals surface area contributed by atoms with Crippen LogP contribution in [0, 0.1) is 10.1 Å². The fraction of sp³-hybridized carbons (Fsp3) is 0.143. The Bertz CT molecular complexity index is 416. The fourth-order valence-corrected chi connectivity index (χ4v) is 1.00. The van der Waals surface area contributed by atoms with E-state index in [1.54, 1.807) is 0 Å². The van der Waals surface area contributed by atoms with Crippen molar-refractivity contribution < 1.29 is 22.9 Å². The van der Waals surface area contributed by atoms with Crippen LogP contribution in [0.15, 0.2) is 12.4 Å². The molecule has 0 aliphatic carbocycles. The van der Waals surface area contributed by atoms with Crippen molar-refractivity contribution in [3.05, 3.63) is 33.6 Å². The number of aromatic nitrogens is 1. The summed E-state index contributed by atoms with van der Waals surface area (Å²) < 4.78 is 37.1.